The van der Waals surface area contributed by atoms with E-state index in [1.54, 1.807) is 0 Å². The molecule has 6 aromatic carbocycles. The molecule has 3 aliphatic heterocycles. The molecule has 1 atom stereocenters. The van der Waals surface area contributed by atoms with Gasteiger partial charge in [-0.1, -0.05) is 83.5 Å². The molecule has 0 saturated carbocycles. The summed E-state index contributed by atoms with van der Waals surface area (Å²) in [4.78, 5) is 0. The number of pyridine rings is 1. The summed E-state index contributed by atoms with van der Waals surface area (Å²) in [6.45, 7) is 4.65. The van der Waals surface area contributed by atoms with Gasteiger partial charge in [-0.05, 0) is 71.8 Å². The van der Waals surface area contributed by atoms with Crippen LogP contribution in [0.2, 0.25) is 0 Å². The molecule has 7 heterocycles. The molecule has 0 saturated heterocycles. The largest absolute Gasteiger partial charge is 0.394 e. The monoisotopic (exact) mass is 639 g/mol. The summed E-state index contributed by atoms with van der Waals surface area (Å²) >= 11 is 0. The second-order valence-electron chi connectivity index (χ2n) is 14.3. The fourth-order valence-corrected chi connectivity index (χ4v) is 10.4. The standard InChI is InChI=1S/C45H29N5/c1-26-40(30-22-21-28-12-3-4-13-29(28)24-30)27(2)50-45-41-37(18-11-19-38(41)49(26)50)47-35-16-7-5-14-31(35)33-25-34-32-15-6-8-17-36(32)48(44(34)42(45)43(33)47)39-20-9-10-23-46(39)45/h3-25H,1-2H3/q+2. The summed E-state index contributed by atoms with van der Waals surface area (Å²) in [5, 5.41) is 7.70. The maximum Gasteiger partial charge on any atom is 0.394 e. The number of aromatic nitrogens is 5. The number of hydrogen-bond acceptors (Lipinski definition) is 0. The summed E-state index contributed by atoms with van der Waals surface area (Å²) in [6.07, 6.45) is 2.32. The van der Waals surface area contributed by atoms with Crippen LogP contribution in [0.3, 0.4) is 0 Å². The van der Waals surface area contributed by atoms with Crippen molar-refractivity contribution in [2.24, 2.45) is 0 Å². The number of benzene rings is 6. The van der Waals surface area contributed by atoms with Crippen molar-refractivity contribution < 1.29 is 9.25 Å². The van der Waals surface area contributed by atoms with Gasteiger partial charge in [0.15, 0.2) is 5.52 Å². The number of fused-ring (bicyclic) bond motifs is 12. The van der Waals surface area contributed by atoms with E-state index in [1.807, 2.05) is 0 Å². The van der Waals surface area contributed by atoms with E-state index in [4.69, 9.17) is 0 Å². The van der Waals surface area contributed by atoms with Gasteiger partial charge in [-0.3, -0.25) is 0 Å². The third-order valence-corrected chi connectivity index (χ3v) is 12.1. The van der Waals surface area contributed by atoms with E-state index in [2.05, 4.69) is 177 Å². The van der Waals surface area contributed by atoms with Crippen molar-refractivity contribution in [1.82, 2.24) is 13.8 Å². The molecule has 0 N–H and O–H groups in total. The van der Waals surface area contributed by atoms with E-state index in [9.17, 15) is 0 Å². The number of para-hydroxylation sites is 2. The Morgan fingerprint density at radius 2 is 1.22 bits per heavy atom. The quantitative estimate of drug-likeness (QED) is 0.160. The van der Waals surface area contributed by atoms with Gasteiger partial charge in [0.05, 0.1) is 34.2 Å². The van der Waals surface area contributed by atoms with Crippen LogP contribution >= 0.6 is 0 Å². The fraction of sp³-hybridized carbons (Fsp3) is 0.0667. The van der Waals surface area contributed by atoms with Gasteiger partial charge in [-0.25, -0.2) is 0 Å². The molecule has 1 unspecified atom stereocenters. The smallest absolute Gasteiger partial charge is 0.307 e. The highest BCUT2D eigenvalue weighted by atomic mass is 15.5. The van der Waals surface area contributed by atoms with Crippen LogP contribution in [0.5, 0.6) is 0 Å². The van der Waals surface area contributed by atoms with E-state index >= 15 is 0 Å². The molecule has 0 radical (unpaired) electrons. The van der Waals surface area contributed by atoms with E-state index in [0.29, 0.717) is 0 Å². The van der Waals surface area contributed by atoms with Crippen LogP contribution in [0.25, 0.3) is 82.7 Å². The highest BCUT2D eigenvalue weighted by Crippen LogP contribution is 2.55. The minimum atomic E-state index is -0.668. The predicted molar refractivity (Wildman–Crippen MR) is 199 cm³/mol. The average molecular weight is 640 g/mol. The highest BCUT2D eigenvalue weighted by molar-refractivity contribution is 6.22. The zero-order valence-electron chi connectivity index (χ0n) is 27.5. The molecular formula is C45H29N5+2. The molecule has 10 aromatic rings. The summed E-state index contributed by atoms with van der Waals surface area (Å²) in [5.74, 6) is 1.17. The lowest BCUT2D eigenvalue weighted by atomic mass is 9.82. The number of nitrogens with zero attached hydrogens (tertiary/aromatic N) is 5. The van der Waals surface area contributed by atoms with Crippen molar-refractivity contribution in [2.75, 3.05) is 0 Å². The van der Waals surface area contributed by atoms with Crippen LogP contribution in [-0.4, -0.2) is 13.8 Å². The topological polar surface area (TPSA) is 22.5 Å². The Labute approximate surface area is 286 Å². The molecule has 13 rings (SSSR count). The summed E-state index contributed by atoms with van der Waals surface area (Å²) < 4.78 is 12.8. The Balaban J connectivity index is 1.32. The first-order valence-corrected chi connectivity index (χ1v) is 17.5. The van der Waals surface area contributed by atoms with Gasteiger partial charge in [0.25, 0.3) is 5.82 Å². The van der Waals surface area contributed by atoms with Gasteiger partial charge >= 0.3 is 5.66 Å². The lowest BCUT2D eigenvalue weighted by molar-refractivity contribution is -0.995. The molecule has 0 aliphatic carbocycles. The molecule has 3 aliphatic rings. The van der Waals surface area contributed by atoms with Gasteiger partial charge in [0, 0.05) is 34.5 Å². The van der Waals surface area contributed by atoms with Gasteiger partial charge in [0.2, 0.25) is 5.69 Å². The molecule has 0 amide bonds. The Morgan fingerprint density at radius 3 is 2.04 bits per heavy atom. The lowest BCUT2D eigenvalue weighted by Crippen LogP contribution is -2.77. The van der Waals surface area contributed by atoms with E-state index in [0.717, 1.165) is 0 Å². The first-order valence-electron chi connectivity index (χ1n) is 17.5. The van der Waals surface area contributed by atoms with Crippen LogP contribution in [0.1, 0.15) is 22.5 Å². The van der Waals surface area contributed by atoms with Crippen molar-refractivity contribution in [2.45, 2.75) is 19.5 Å². The normalized spacial score (nSPS) is 16.3. The SMILES string of the molecule is Cc1c(-c2ccc3ccccc3c2)c(C)[n+]2n1-c1cccc3c1C21c2c4c(cc5c6ccccc6n(c25)-c2cccc[n+]21)c1ccccc1n4-3. The highest BCUT2D eigenvalue weighted by Gasteiger charge is 2.69. The third kappa shape index (κ3) is 2.52. The first-order chi connectivity index (χ1) is 24.7. The van der Waals surface area contributed by atoms with Gasteiger partial charge in [-0.2, -0.15) is 9.13 Å². The second-order valence-corrected chi connectivity index (χ2v) is 14.3. The molecule has 0 fully saturated rings. The van der Waals surface area contributed by atoms with E-state index in [1.165, 1.54) is 105 Å². The molecule has 4 aromatic heterocycles. The second kappa shape index (κ2) is 8.21. The van der Waals surface area contributed by atoms with E-state index < -0.39 is 5.66 Å². The fourth-order valence-electron chi connectivity index (χ4n) is 10.4. The maximum atomic E-state index is 2.64. The zero-order valence-corrected chi connectivity index (χ0v) is 27.5. The Hall–Kier alpha value is -6.46. The predicted octanol–water partition coefficient (Wildman–Crippen LogP) is 8.92. The van der Waals surface area contributed by atoms with Crippen LogP contribution in [0.4, 0.5) is 0 Å². The van der Waals surface area contributed by atoms with Crippen LogP contribution in [-0.2, 0) is 5.66 Å². The zero-order chi connectivity index (χ0) is 32.6. The molecular weight excluding hydrogens is 611 g/mol. The summed E-state index contributed by atoms with van der Waals surface area (Å²) in [6, 6.07) is 49.7. The molecule has 0 bridgehead atoms. The van der Waals surface area contributed by atoms with Crippen molar-refractivity contribution >= 4 is 54.4 Å². The molecule has 1 spiro atoms. The summed E-state index contributed by atoms with van der Waals surface area (Å²) in [7, 11) is 0. The van der Waals surface area contributed by atoms with Gasteiger partial charge in [-0.15, -0.1) is 4.68 Å². The molecule has 5 nitrogen and oxygen atoms in total. The van der Waals surface area contributed by atoms with Crippen molar-refractivity contribution in [3.63, 3.8) is 0 Å². The number of hydrogen-bond donors (Lipinski definition) is 0. The van der Waals surface area contributed by atoms with Crippen LogP contribution in [0.15, 0.2) is 140 Å². The third-order valence-electron chi connectivity index (χ3n) is 12.1. The van der Waals surface area contributed by atoms with Crippen molar-refractivity contribution in [3.05, 3.63) is 162 Å². The van der Waals surface area contributed by atoms with Crippen molar-refractivity contribution in [3.8, 4) is 28.3 Å². The van der Waals surface area contributed by atoms with E-state index in [-0.39, 0.29) is 0 Å². The minimum absolute atomic E-state index is 0.668. The average Bonchev–Trinajstić information content (AvgIpc) is 3.86. The molecule has 5 heteroatoms. The van der Waals surface area contributed by atoms with Gasteiger partial charge in [0.1, 0.15) is 22.3 Å². The Morgan fingerprint density at radius 1 is 0.540 bits per heavy atom. The van der Waals surface area contributed by atoms with Crippen LogP contribution in [0, 0.1) is 13.8 Å². The van der Waals surface area contributed by atoms with Crippen molar-refractivity contribution in [1.29, 1.82) is 0 Å². The minimum Gasteiger partial charge on any atom is -0.307 e. The van der Waals surface area contributed by atoms with Crippen LogP contribution < -0.4 is 9.25 Å². The molecule has 50 heavy (non-hydrogen) atoms. The first kappa shape index (κ1) is 25.5. The lowest BCUT2D eigenvalue weighted by Gasteiger charge is -2.33. The number of rotatable bonds is 1. The maximum absolute atomic E-state index is 2.64. The molecule has 232 valence electrons. The van der Waals surface area contributed by atoms with Gasteiger partial charge < -0.3 is 4.57 Å². The summed E-state index contributed by atoms with van der Waals surface area (Å²) in [5.41, 5.74) is 14.6. The Kier molecular flexibility index (Phi) is 4.20. The Bertz CT molecular complexity index is 3210.